The van der Waals surface area contributed by atoms with Crippen LogP contribution in [0.25, 0.3) is 5.70 Å². The van der Waals surface area contributed by atoms with Gasteiger partial charge in [0.2, 0.25) is 0 Å². The Hall–Kier alpha value is -2.72. The number of ketones is 1. The van der Waals surface area contributed by atoms with Crippen LogP contribution < -0.4 is 9.47 Å². The van der Waals surface area contributed by atoms with E-state index in [2.05, 4.69) is 37.0 Å². The number of rotatable bonds is 3. The highest BCUT2D eigenvalue weighted by Gasteiger charge is 2.43. The zero-order chi connectivity index (χ0) is 22.6. The standard InChI is InChI=1S/C27H28ClNO3/c1-27(2)14-22-26(23(30)15-27)19(17-7-5-6-8-20(17)28)12-21-18-13-25(32-4)24(31-3)11-16(18)9-10-29(21)22/h5-8,11-13,19H,9-10,14-15H2,1-4H3/t19-/m0/s1. The Morgan fingerprint density at radius 2 is 1.78 bits per heavy atom. The van der Waals surface area contributed by atoms with Gasteiger partial charge in [-0.2, -0.15) is 0 Å². The van der Waals surface area contributed by atoms with Crippen LogP contribution in [0.1, 0.15) is 49.3 Å². The maximum atomic E-state index is 13.4. The van der Waals surface area contributed by atoms with Crippen LogP contribution in [-0.2, 0) is 11.2 Å². The molecule has 0 N–H and O–H groups in total. The lowest BCUT2D eigenvalue weighted by molar-refractivity contribution is -0.118. The molecule has 1 aliphatic carbocycles. The lowest BCUT2D eigenvalue weighted by Crippen LogP contribution is -2.40. The second-order valence-electron chi connectivity index (χ2n) is 9.62. The van der Waals surface area contributed by atoms with Crippen molar-refractivity contribution in [2.75, 3.05) is 20.8 Å². The molecule has 0 bridgehead atoms. The smallest absolute Gasteiger partial charge is 0.162 e. The number of carbonyl (C=O) groups is 1. The van der Waals surface area contributed by atoms with Crippen LogP contribution in [0.4, 0.5) is 0 Å². The maximum absolute atomic E-state index is 13.4. The number of fused-ring (bicyclic) bond motifs is 4. The average Bonchev–Trinajstić information content (AvgIpc) is 2.76. The molecule has 4 nitrogen and oxygen atoms in total. The first-order valence-corrected chi connectivity index (χ1v) is 11.5. The fourth-order valence-corrected chi connectivity index (χ4v) is 5.69. The molecule has 2 aromatic carbocycles. The first-order chi connectivity index (χ1) is 15.3. The molecule has 0 unspecified atom stereocenters. The van der Waals surface area contributed by atoms with Gasteiger partial charge < -0.3 is 14.4 Å². The zero-order valence-electron chi connectivity index (χ0n) is 19.0. The number of methoxy groups -OCH3 is 2. The summed E-state index contributed by atoms with van der Waals surface area (Å²) in [6, 6.07) is 12.0. The molecule has 0 amide bonds. The lowest BCUT2D eigenvalue weighted by Gasteiger charge is -2.46. The highest BCUT2D eigenvalue weighted by atomic mass is 35.5. The van der Waals surface area contributed by atoms with Crippen molar-refractivity contribution in [3.63, 3.8) is 0 Å². The molecule has 166 valence electrons. The van der Waals surface area contributed by atoms with Crippen LogP contribution in [0.5, 0.6) is 11.5 Å². The molecule has 1 atom stereocenters. The van der Waals surface area contributed by atoms with Gasteiger partial charge in [0, 0.05) is 46.4 Å². The van der Waals surface area contributed by atoms with Gasteiger partial charge in [-0.3, -0.25) is 4.79 Å². The Morgan fingerprint density at radius 1 is 1.06 bits per heavy atom. The van der Waals surface area contributed by atoms with E-state index in [1.165, 1.54) is 5.56 Å². The summed E-state index contributed by atoms with van der Waals surface area (Å²) in [6.45, 7) is 5.21. The largest absolute Gasteiger partial charge is 0.493 e. The van der Waals surface area contributed by atoms with E-state index in [1.54, 1.807) is 14.2 Å². The van der Waals surface area contributed by atoms with E-state index < -0.39 is 0 Å². The third kappa shape index (κ3) is 3.32. The van der Waals surface area contributed by atoms with Gasteiger partial charge in [0.15, 0.2) is 17.3 Å². The number of carbonyl (C=O) groups excluding carboxylic acids is 1. The van der Waals surface area contributed by atoms with Crippen LogP contribution in [0.3, 0.4) is 0 Å². The summed E-state index contributed by atoms with van der Waals surface area (Å²) in [6.07, 6.45) is 4.54. The van der Waals surface area contributed by atoms with Crippen molar-refractivity contribution in [3.05, 3.63) is 75.5 Å². The topological polar surface area (TPSA) is 38.8 Å². The number of halogens is 1. The van der Waals surface area contributed by atoms with Gasteiger partial charge in [-0.15, -0.1) is 0 Å². The Kier molecular flexibility index (Phi) is 5.09. The van der Waals surface area contributed by atoms with Gasteiger partial charge in [0.05, 0.1) is 14.2 Å². The van der Waals surface area contributed by atoms with Crippen molar-refractivity contribution < 1.29 is 14.3 Å². The second kappa shape index (κ2) is 7.70. The molecule has 0 radical (unpaired) electrons. The molecule has 0 saturated carbocycles. The van der Waals surface area contributed by atoms with Crippen molar-refractivity contribution in [1.82, 2.24) is 4.90 Å². The fraction of sp³-hybridized carbons (Fsp3) is 0.370. The molecule has 0 aromatic heterocycles. The highest BCUT2D eigenvalue weighted by Crippen LogP contribution is 2.51. The Labute approximate surface area is 194 Å². The SMILES string of the molecule is COc1cc2c(cc1OC)C1=C[C@@H](c3ccccc3Cl)C3=C(CC(C)(C)CC3=O)N1CC2. The number of ether oxygens (including phenoxy) is 2. The van der Waals surface area contributed by atoms with Crippen LogP contribution >= 0.6 is 11.6 Å². The minimum absolute atomic E-state index is 0.0682. The molecule has 5 heteroatoms. The number of hydrogen-bond acceptors (Lipinski definition) is 4. The molecule has 32 heavy (non-hydrogen) atoms. The van der Waals surface area contributed by atoms with Crippen molar-refractivity contribution in [3.8, 4) is 11.5 Å². The summed E-state index contributed by atoms with van der Waals surface area (Å²) < 4.78 is 11.2. The molecular formula is C27H28ClNO3. The molecule has 0 saturated heterocycles. The Bertz CT molecular complexity index is 1180. The third-order valence-corrected chi connectivity index (χ3v) is 7.22. The molecule has 2 heterocycles. The molecule has 5 rings (SSSR count). The van der Waals surface area contributed by atoms with Crippen molar-refractivity contribution in [2.45, 2.75) is 39.0 Å². The van der Waals surface area contributed by atoms with Crippen LogP contribution in [0.15, 0.2) is 53.7 Å². The van der Waals surface area contributed by atoms with Crippen LogP contribution in [0.2, 0.25) is 5.02 Å². The predicted molar refractivity (Wildman–Crippen MR) is 127 cm³/mol. The third-order valence-electron chi connectivity index (χ3n) is 6.88. The summed E-state index contributed by atoms with van der Waals surface area (Å²) in [5, 5.41) is 0.690. The quantitative estimate of drug-likeness (QED) is 0.576. The van der Waals surface area contributed by atoms with Gasteiger partial charge in [0.1, 0.15) is 0 Å². The van der Waals surface area contributed by atoms with Gasteiger partial charge in [0.25, 0.3) is 0 Å². The number of Topliss-reactive ketones (excluding diaryl/α,β-unsaturated/α-hetero) is 1. The molecular weight excluding hydrogens is 422 g/mol. The van der Waals surface area contributed by atoms with E-state index in [0.717, 1.165) is 53.2 Å². The van der Waals surface area contributed by atoms with E-state index in [0.29, 0.717) is 17.2 Å². The Morgan fingerprint density at radius 3 is 2.50 bits per heavy atom. The van der Waals surface area contributed by atoms with Crippen molar-refractivity contribution in [1.29, 1.82) is 0 Å². The fourth-order valence-electron chi connectivity index (χ4n) is 5.43. The van der Waals surface area contributed by atoms with Crippen LogP contribution in [-0.4, -0.2) is 31.4 Å². The first-order valence-electron chi connectivity index (χ1n) is 11.1. The highest BCUT2D eigenvalue weighted by molar-refractivity contribution is 6.31. The average molecular weight is 450 g/mol. The normalized spacial score (nSPS) is 21.4. The van der Waals surface area contributed by atoms with E-state index in [-0.39, 0.29) is 17.1 Å². The summed E-state index contributed by atoms with van der Waals surface area (Å²) in [5.74, 6) is 1.53. The molecule has 3 aliphatic rings. The predicted octanol–water partition coefficient (Wildman–Crippen LogP) is 6.00. The van der Waals surface area contributed by atoms with E-state index in [1.807, 2.05) is 24.3 Å². The number of allylic oxidation sites excluding steroid dienone is 3. The van der Waals surface area contributed by atoms with Gasteiger partial charge >= 0.3 is 0 Å². The summed E-state index contributed by atoms with van der Waals surface area (Å²) in [7, 11) is 3.33. The van der Waals surface area contributed by atoms with Gasteiger partial charge in [-0.25, -0.2) is 0 Å². The maximum Gasteiger partial charge on any atom is 0.162 e. The second-order valence-corrected chi connectivity index (χ2v) is 10.0. The minimum Gasteiger partial charge on any atom is -0.493 e. The monoisotopic (exact) mass is 449 g/mol. The van der Waals surface area contributed by atoms with E-state index >= 15 is 0 Å². The Balaban J connectivity index is 1.73. The number of hydrogen-bond donors (Lipinski definition) is 0. The molecule has 0 fully saturated rings. The van der Waals surface area contributed by atoms with E-state index in [4.69, 9.17) is 21.1 Å². The summed E-state index contributed by atoms with van der Waals surface area (Å²) in [4.78, 5) is 15.8. The molecule has 2 aliphatic heterocycles. The summed E-state index contributed by atoms with van der Waals surface area (Å²) >= 11 is 6.64. The lowest BCUT2D eigenvalue weighted by atomic mass is 9.69. The van der Waals surface area contributed by atoms with Crippen molar-refractivity contribution in [2.24, 2.45) is 5.41 Å². The van der Waals surface area contributed by atoms with Gasteiger partial charge in [-0.05, 0) is 53.7 Å². The van der Waals surface area contributed by atoms with Crippen molar-refractivity contribution >= 4 is 23.1 Å². The summed E-state index contributed by atoms with van der Waals surface area (Å²) in [5.41, 5.74) is 6.46. The van der Waals surface area contributed by atoms with Crippen LogP contribution in [0, 0.1) is 5.41 Å². The van der Waals surface area contributed by atoms with Gasteiger partial charge in [-0.1, -0.05) is 43.6 Å². The molecule has 2 aromatic rings. The van der Waals surface area contributed by atoms with E-state index in [9.17, 15) is 4.79 Å². The zero-order valence-corrected chi connectivity index (χ0v) is 19.8. The molecule has 0 spiro atoms. The number of nitrogens with zero attached hydrogens (tertiary/aromatic N) is 1. The minimum atomic E-state index is -0.160. The first kappa shape index (κ1) is 21.1. The number of benzene rings is 2.